The zero-order valence-electron chi connectivity index (χ0n) is 16.8. The summed E-state index contributed by atoms with van der Waals surface area (Å²) < 4.78 is 7.75. The first kappa shape index (κ1) is 25.9. The molecule has 8 nitrogen and oxygen atoms in total. The van der Waals surface area contributed by atoms with Crippen LogP contribution in [0.5, 0.6) is 0 Å². The topological polar surface area (TPSA) is 75.8 Å². The minimum Gasteiger partial charge on any atom is -1.00 e. The SMILES string of the molecule is CC(C)n1cc[n+](CC(=O)NCCNC(=O)C[n+]2ccn(C(C)C)c2)c1.[Cl-].[Cl-]. The van der Waals surface area contributed by atoms with Crippen LogP contribution < -0.4 is 44.6 Å². The van der Waals surface area contributed by atoms with Gasteiger partial charge in [0.2, 0.25) is 12.7 Å². The molecule has 2 N–H and O–H groups in total. The summed E-state index contributed by atoms with van der Waals surface area (Å²) in [5, 5.41) is 5.63. The highest BCUT2D eigenvalue weighted by Crippen LogP contribution is 2.00. The van der Waals surface area contributed by atoms with Crippen LogP contribution in [0.2, 0.25) is 0 Å². The third-order valence-corrected chi connectivity index (χ3v) is 4.04. The second-order valence-corrected chi connectivity index (χ2v) is 6.95. The molecular weight excluding hydrogens is 403 g/mol. The Labute approximate surface area is 178 Å². The van der Waals surface area contributed by atoms with Crippen LogP contribution in [0.15, 0.2) is 37.4 Å². The van der Waals surface area contributed by atoms with Gasteiger partial charge in [0.05, 0.1) is 12.1 Å². The lowest BCUT2D eigenvalue weighted by Gasteiger charge is -2.05. The highest BCUT2D eigenvalue weighted by molar-refractivity contribution is 5.75. The third kappa shape index (κ3) is 8.31. The Bertz CT molecular complexity index is 680. The fraction of sp³-hybridized carbons (Fsp3) is 0.556. The standard InChI is InChI=1S/C18H28N6O2.2ClH/c1-15(2)23-9-7-21(13-23)11-17(25)19-5-6-20-18(26)12-22-8-10-24(14-22)16(3)4;;/h7-10,13-16H,5-6,11-12H2,1-4H3;2*1H. The number of amides is 2. The van der Waals surface area contributed by atoms with Gasteiger partial charge in [-0.2, -0.15) is 0 Å². The van der Waals surface area contributed by atoms with E-state index in [4.69, 9.17) is 0 Å². The molecule has 158 valence electrons. The first-order valence-corrected chi connectivity index (χ1v) is 9.01. The molecule has 0 aliphatic rings. The van der Waals surface area contributed by atoms with Crippen molar-refractivity contribution in [2.24, 2.45) is 0 Å². The number of hydrogen-bond acceptors (Lipinski definition) is 2. The molecule has 0 unspecified atom stereocenters. The minimum atomic E-state index is -0.0749. The third-order valence-electron chi connectivity index (χ3n) is 4.04. The van der Waals surface area contributed by atoms with E-state index in [9.17, 15) is 9.59 Å². The van der Waals surface area contributed by atoms with Gasteiger partial charge in [-0.05, 0) is 27.7 Å². The number of nitrogens with one attached hydrogen (secondary N) is 2. The molecule has 0 spiro atoms. The van der Waals surface area contributed by atoms with E-state index in [1.54, 1.807) is 0 Å². The quantitative estimate of drug-likeness (QED) is 0.305. The van der Waals surface area contributed by atoms with Crippen molar-refractivity contribution in [1.29, 1.82) is 0 Å². The number of halogens is 2. The van der Waals surface area contributed by atoms with E-state index in [-0.39, 0.29) is 49.7 Å². The first-order valence-electron chi connectivity index (χ1n) is 9.01. The van der Waals surface area contributed by atoms with Gasteiger partial charge < -0.3 is 35.4 Å². The van der Waals surface area contributed by atoms with Crippen LogP contribution in [0, 0.1) is 0 Å². The van der Waals surface area contributed by atoms with E-state index in [1.807, 2.05) is 55.7 Å². The smallest absolute Gasteiger partial charge is 0.262 e. The Hall–Kier alpha value is -2.06. The predicted octanol–water partition coefficient (Wildman–Crippen LogP) is -6.03. The van der Waals surface area contributed by atoms with Crippen molar-refractivity contribution >= 4 is 11.8 Å². The number of carbonyl (C=O) groups is 2. The monoisotopic (exact) mass is 432 g/mol. The van der Waals surface area contributed by atoms with Gasteiger partial charge in [0, 0.05) is 13.1 Å². The molecule has 0 aromatic carbocycles. The molecule has 0 aliphatic carbocycles. The van der Waals surface area contributed by atoms with E-state index >= 15 is 0 Å². The Morgan fingerprint density at radius 3 is 1.43 bits per heavy atom. The van der Waals surface area contributed by atoms with Crippen molar-refractivity contribution in [3.63, 3.8) is 0 Å². The van der Waals surface area contributed by atoms with E-state index in [0.717, 1.165) is 0 Å². The second-order valence-electron chi connectivity index (χ2n) is 6.95. The Morgan fingerprint density at radius 1 is 0.786 bits per heavy atom. The van der Waals surface area contributed by atoms with Crippen LogP contribution in [0.1, 0.15) is 39.8 Å². The lowest BCUT2D eigenvalue weighted by molar-refractivity contribution is -0.684. The van der Waals surface area contributed by atoms with E-state index in [2.05, 4.69) is 38.3 Å². The molecule has 10 heteroatoms. The lowest BCUT2D eigenvalue weighted by Crippen LogP contribution is -3.00. The van der Waals surface area contributed by atoms with Crippen molar-refractivity contribution in [3.8, 4) is 0 Å². The Morgan fingerprint density at radius 2 is 1.14 bits per heavy atom. The molecule has 0 radical (unpaired) electrons. The van der Waals surface area contributed by atoms with E-state index in [1.165, 1.54) is 0 Å². The maximum Gasteiger partial charge on any atom is 0.262 e. The summed E-state index contributed by atoms with van der Waals surface area (Å²) in [6, 6.07) is 0.731. The molecule has 0 aliphatic heterocycles. The van der Waals surface area contributed by atoms with Gasteiger partial charge in [-0.15, -0.1) is 0 Å². The molecule has 0 atom stereocenters. The molecule has 0 saturated carbocycles. The minimum absolute atomic E-state index is 0. The number of hydrogen-bond donors (Lipinski definition) is 2. The van der Waals surface area contributed by atoms with E-state index in [0.29, 0.717) is 25.2 Å². The van der Waals surface area contributed by atoms with Crippen molar-refractivity contribution in [2.45, 2.75) is 52.9 Å². The van der Waals surface area contributed by atoms with Crippen LogP contribution in [-0.2, 0) is 22.7 Å². The summed E-state index contributed by atoms with van der Waals surface area (Å²) in [4.78, 5) is 23.9. The van der Waals surface area contributed by atoms with E-state index < -0.39 is 0 Å². The fourth-order valence-electron chi connectivity index (χ4n) is 2.47. The normalized spacial score (nSPS) is 10.4. The summed E-state index contributed by atoms with van der Waals surface area (Å²) in [5.41, 5.74) is 0. The summed E-state index contributed by atoms with van der Waals surface area (Å²) in [6.45, 7) is 9.71. The highest BCUT2D eigenvalue weighted by atomic mass is 35.5. The van der Waals surface area contributed by atoms with Gasteiger partial charge in [-0.1, -0.05) is 0 Å². The lowest BCUT2D eigenvalue weighted by atomic mass is 10.4. The molecule has 2 aromatic rings. The first-order chi connectivity index (χ1) is 12.3. The number of aromatic nitrogens is 4. The highest BCUT2D eigenvalue weighted by Gasteiger charge is 2.12. The molecule has 2 aromatic heterocycles. The predicted molar refractivity (Wildman–Crippen MR) is 96.0 cm³/mol. The molecule has 2 amide bonds. The summed E-state index contributed by atoms with van der Waals surface area (Å²) in [6.07, 6.45) is 11.5. The molecule has 2 heterocycles. The van der Waals surface area contributed by atoms with Crippen LogP contribution >= 0.6 is 0 Å². The molecule has 0 fully saturated rings. The zero-order valence-corrected chi connectivity index (χ0v) is 18.3. The Kier molecular flexibility index (Phi) is 11.5. The Balaban J connectivity index is 0.00000364. The maximum atomic E-state index is 11.9. The van der Waals surface area contributed by atoms with Gasteiger partial charge in [-0.25, -0.2) is 18.3 Å². The van der Waals surface area contributed by atoms with Crippen LogP contribution in [0.3, 0.4) is 0 Å². The van der Waals surface area contributed by atoms with Crippen LogP contribution in [0.25, 0.3) is 0 Å². The summed E-state index contributed by atoms with van der Waals surface area (Å²) in [7, 11) is 0. The van der Waals surface area contributed by atoms with Crippen molar-refractivity contribution < 1.29 is 43.5 Å². The molecular formula is C18H30Cl2N6O2. The maximum absolute atomic E-state index is 11.9. The largest absolute Gasteiger partial charge is 1.00 e. The number of rotatable bonds is 9. The average Bonchev–Trinajstić information content (AvgIpc) is 3.21. The van der Waals surface area contributed by atoms with Gasteiger partial charge in [0.1, 0.15) is 24.8 Å². The van der Waals surface area contributed by atoms with Gasteiger partial charge >= 0.3 is 0 Å². The molecule has 28 heavy (non-hydrogen) atoms. The van der Waals surface area contributed by atoms with Crippen molar-refractivity contribution in [2.75, 3.05) is 13.1 Å². The van der Waals surface area contributed by atoms with Gasteiger partial charge in [0.15, 0.2) is 13.1 Å². The van der Waals surface area contributed by atoms with Crippen molar-refractivity contribution in [1.82, 2.24) is 19.8 Å². The molecule has 0 saturated heterocycles. The van der Waals surface area contributed by atoms with Gasteiger partial charge in [0.25, 0.3) is 11.8 Å². The number of carbonyl (C=O) groups excluding carboxylic acids is 2. The van der Waals surface area contributed by atoms with Crippen LogP contribution in [0.4, 0.5) is 0 Å². The van der Waals surface area contributed by atoms with Crippen LogP contribution in [-0.4, -0.2) is 34.0 Å². The number of imidazole rings is 2. The number of nitrogens with zero attached hydrogens (tertiary/aromatic N) is 4. The van der Waals surface area contributed by atoms with Crippen molar-refractivity contribution in [3.05, 3.63) is 37.4 Å². The second kappa shape index (κ2) is 12.4. The van der Waals surface area contributed by atoms with Gasteiger partial charge in [-0.3, -0.25) is 9.59 Å². The molecule has 2 rings (SSSR count). The summed E-state index contributed by atoms with van der Waals surface area (Å²) in [5.74, 6) is -0.150. The average molecular weight is 433 g/mol. The zero-order chi connectivity index (χ0) is 19.1. The molecule has 0 bridgehead atoms. The summed E-state index contributed by atoms with van der Waals surface area (Å²) >= 11 is 0. The fourth-order valence-corrected chi connectivity index (χ4v) is 2.47.